The van der Waals surface area contributed by atoms with E-state index in [9.17, 15) is 9.59 Å². The third-order valence-electron chi connectivity index (χ3n) is 4.41. The van der Waals surface area contributed by atoms with Crippen LogP contribution in [0.2, 0.25) is 5.02 Å². The first-order valence-corrected chi connectivity index (χ1v) is 10.4. The van der Waals surface area contributed by atoms with E-state index >= 15 is 0 Å². The van der Waals surface area contributed by atoms with E-state index < -0.39 is 0 Å². The molecule has 0 spiro atoms. The first kappa shape index (κ1) is 21.0. The van der Waals surface area contributed by atoms with E-state index in [1.165, 1.54) is 11.8 Å². The molecule has 3 aromatic rings. The minimum atomic E-state index is -0.139. The van der Waals surface area contributed by atoms with Gasteiger partial charge in [-0.05, 0) is 67.4 Å². The lowest BCUT2D eigenvalue weighted by molar-refractivity contribution is -0.113. The summed E-state index contributed by atoms with van der Waals surface area (Å²) in [6.45, 7) is 3.78. The van der Waals surface area contributed by atoms with E-state index in [-0.39, 0.29) is 17.6 Å². The molecule has 0 aliphatic carbocycles. The van der Waals surface area contributed by atoms with Crippen molar-refractivity contribution < 1.29 is 9.59 Å². The highest BCUT2D eigenvalue weighted by Crippen LogP contribution is 2.24. The Balaban J connectivity index is 1.54. The highest BCUT2D eigenvalue weighted by molar-refractivity contribution is 8.00. The van der Waals surface area contributed by atoms with Crippen molar-refractivity contribution in [1.82, 2.24) is 0 Å². The minimum absolute atomic E-state index is 0.0997. The van der Waals surface area contributed by atoms with Crippen LogP contribution in [0.1, 0.15) is 21.5 Å². The fourth-order valence-electron chi connectivity index (χ4n) is 2.74. The van der Waals surface area contributed by atoms with E-state index in [2.05, 4.69) is 10.6 Å². The zero-order valence-electron chi connectivity index (χ0n) is 16.2. The van der Waals surface area contributed by atoms with Crippen LogP contribution in [0.15, 0.2) is 71.6 Å². The maximum absolute atomic E-state index is 12.4. The highest BCUT2D eigenvalue weighted by atomic mass is 35.5. The molecule has 2 amide bonds. The Morgan fingerprint density at radius 2 is 1.62 bits per heavy atom. The lowest BCUT2D eigenvalue weighted by Crippen LogP contribution is -2.15. The second-order valence-electron chi connectivity index (χ2n) is 6.54. The van der Waals surface area contributed by atoms with Crippen molar-refractivity contribution in [3.05, 3.63) is 88.4 Å². The van der Waals surface area contributed by atoms with Gasteiger partial charge >= 0.3 is 0 Å². The second-order valence-corrected chi connectivity index (χ2v) is 8.00. The van der Waals surface area contributed by atoms with E-state index in [0.717, 1.165) is 21.7 Å². The molecular weight excluding hydrogens is 404 g/mol. The van der Waals surface area contributed by atoms with Crippen molar-refractivity contribution in [3.8, 4) is 0 Å². The summed E-state index contributed by atoms with van der Waals surface area (Å²) in [6.07, 6.45) is 0. The molecule has 0 aliphatic heterocycles. The average molecular weight is 425 g/mol. The number of rotatable bonds is 6. The van der Waals surface area contributed by atoms with Gasteiger partial charge in [0.2, 0.25) is 5.91 Å². The zero-order valence-corrected chi connectivity index (χ0v) is 17.7. The van der Waals surface area contributed by atoms with E-state index in [1.807, 2.05) is 68.4 Å². The molecule has 4 nitrogen and oxygen atoms in total. The molecule has 0 bridgehead atoms. The number of benzene rings is 3. The molecule has 29 heavy (non-hydrogen) atoms. The molecule has 148 valence electrons. The van der Waals surface area contributed by atoms with Gasteiger partial charge in [-0.15, -0.1) is 11.8 Å². The largest absolute Gasteiger partial charge is 0.325 e. The van der Waals surface area contributed by atoms with Crippen LogP contribution in [0, 0.1) is 13.8 Å². The molecule has 2 N–H and O–H groups in total. The predicted molar refractivity (Wildman–Crippen MR) is 121 cm³/mol. The lowest BCUT2D eigenvalue weighted by Gasteiger charge is -2.10. The van der Waals surface area contributed by atoms with E-state index in [4.69, 9.17) is 11.6 Å². The number of anilines is 2. The van der Waals surface area contributed by atoms with Crippen molar-refractivity contribution >= 4 is 46.6 Å². The molecule has 0 aliphatic rings. The number of hydrogen-bond donors (Lipinski definition) is 2. The number of halogens is 1. The molecule has 0 unspecified atom stereocenters. The van der Waals surface area contributed by atoms with Crippen molar-refractivity contribution in [2.24, 2.45) is 0 Å². The fraction of sp³-hybridized carbons (Fsp3) is 0.130. The van der Waals surface area contributed by atoms with Crippen LogP contribution < -0.4 is 10.6 Å². The Hall–Kier alpha value is -2.76. The summed E-state index contributed by atoms with van der Waals surface area (Å²) < 4.78 is 0. The van der Waals surface area contributed by atoms with Crippen LogP contribution in [0.5, 0.6) is 0 Å². The van der Waals surface area contributed by atoms with Crippen LogP contribution in [0.25, 0.3) is 0 Å². The van der Waals surface area contributed by atoms with Gasteiger partial charge in [-0.2, -0.15) is 0 Å². The molecule has 3 rings (SSSR count). The SMILES string of the molecule is Cc1ccccc1C(=O)Nc1ccc(SCC(=O)Nc2cccc(Cl)c2C)cc1. The van der Waals surface area contributed by atoms with Gasteiger partial charge in [-0.25, -0.2) is 0 Å². The molecule has 0 fully saturated rings. The molecule has 6 heteroatoms. The van der Waals surface area contributed by atoms with Crippen LogP contribution in [0.3, 0.4) is 0 Å². The molecule has 0 saturated heterocycles. The summed E-state index contributed by atoms with van der Waals surface area (Å²) in [5.74, 6) is 0.0398. The normalized spacial score (nSPS) is 10.4. The quantitative estimate of drug-likeness (QED) is 0.481. The number of amides is 2. The van der Waals surface area contributed by atoms with Crippen LogP contribution in [0.4, 0.5) is 11.4 Å². The molecular formula is C23H21ClN2O2S. The van der Waals surface area contributed by atoms with Crippen molar-refractivity contribution in [2.75, 3.05) is 16.4 Å². The Bertz CT molecular complexity index is 1040. The van der Waals surface area contributed by atoms with Gasteiger partial charge in [0, 0.05) is 26.9 Å². The van der Waals surface area contributed by atoms with Crippen LogP contribution in [-0.4, -0.2) is 17.6 Å². The third kappa shape index (κ3) is 5.62. The molecule has 0 radical (unpaired) electrons. The fourth-order valence-corrected chi connectivity index (χ4v) is 3.61. The predicted octanol–water partition coefficient (Wildman–Crippen LogP) is 5.94. The topological polar surface area (TPSA) is 58.2 Å². The molecule has 0 saturated carbocycles. The highest BCUT2D eigenvalue weighted by Gasteiger charge is 2.10. The summed E-state index contributed by atoms with van der Waals surface area (Å²) >= 11 is 7.51. The van der Waals surface area contributed by atoms with Gasteiger partial charge in [0.1, 0.15) is 0 Å². The van der Waals surface area contributed by atoms with Gasteiger partial charge in [0.05, 0.1) is 5.75 Å². The number of hydrogen-bond acceptors (Lipinski definition) is 3. The van der Waals surface area contributed by atoms with Crippen LogP contribution >= 0.6 is 23.4 Å². The van der Waals surface area contributed by atoms with E-state index in [0.29, 0.717) is 16.3 Å². The van der Waals surface area contributed by atoms with Crippen LogP contribution in [-0.2, 0) is 4.79 Å². The van der Waals surface area contributed by atoms with Gasteiger partial charge in [0.15, 0.2) is 0 Å². The van der Waals surface area contributed by atoms with Crippen molar-refractivity contribution in [2.45, 2.75) is 18.7 Å². The summed E-state index contributed by atoms with van der Waals surface area (Å²) in [5.41, 5.74) is 3.86. The van der Waals surface area contributed by atoms with Crippen molar-refractivity contribution in [3.63, 3.8) is 0 Å². The zero-order chi connectivity index (χ0) is 20.8. The number of nitrogens with one attached hydrogen (secondary N) is 2. The summed E-state index contributed by atoms with van der Waals surface area (Å²) in [4.78, 5) is 25.5. The lowest BCUT2D eigenvalue weighted by atomic mass is 10.1. The Morgan fingerprint density at radius 1 is 0.897 bits per heavy atom. The van der Waals surface area contributed by atoms with Gasteiger partial charge < -0.3 is 10.6 Å². The minimum Gasteiger partial charge on any atom is -0.325 e. The average Bonchev–Trinajstić information content (AvgIpc) is 2.71. The number of thioether (sulfide) groups is 1. The maximum atomic E-state index is 12.4. The Morgan fingerprint density at radius 3 is 2.34 bits per heavy atom. The van der Waals surface area contributed by atoms with Gasteiger partial charge in [-0.3, -0.25) is 9.59 Å². The molecule has 0 atom stereocenters. The number of carbonyl (C=O) groups is 2. The molecule has 0 heterocycles. The second kappa shape index (κ2) is 9.63. The summed E-state index contributed by atoms with van der Waals surface area (Å²) in [7, 11) is 0. The van der Waals surface area contributed by atoms with Crippen molar-refractivity contribution in [1.29, 1.82) is 0 Å². The standard InChI is InChI=1S/C23H21ClN2O2S/c1-15-6-3-4-7-19(15)23(28)25-17-10-12-18(13-11-17)29-14-22(27)26-21-9-5-8-20(24)16(21)2/h3-13H,14H2,1-2H3,(H,25,28)(H,26,27). The summed E-state index contributed by atoms with van der Waals surface area (Å²) in [5, 5.41) is 6.40. The van der Waals surface area contributed by atoms with E-state index in [1.54, 1.807) is 12.1 Å². The molecule has 3 aromatic carbocycles. The smallest absolute Gasteiger partial charge is 0.255 e. The molecule has 0 aromatic heterocycles. The maximum Gasteiger partial charge on any atom is 0.255 e. The first-order valence-electron chi connectivity index (χ1n) is 9.09. The Kier molecular flexibility index (Phi) is 6.96. The van der Waals surface area contributed by atoms with Gasteiger partial charge in [0.25, 0.3) is 5.91 Å². The summed E-state index contributed by atoms with van der Waals surface area (Å²) in [6, 6.07) is 20.3. The Labute approximate surface area is 179 Å². The monoisotopic (exact) mass is 424 g/mol. The first-order chi connectivity index (χ1) is 13.9. The number of carbonyl (C=O) groups excluding carboxylic acids is 2. The third-order valence-corrected chi connectivity index (χ3v) is 5.84. The number of aryl methyl sites for hydroxylation is 1. The van der Waals surface area contributed by atoms with Gasteiger partial charge in [-0.1, -0.05) is 35.9 Å².